The highest BCUT2D eigenvalue weighted by Crippen LogP contribution is 2.36. The molecule has 1 atom stereocenters. The molecule has 0 saturated carbocycles. The van der Waals surface area contributed by atoms with E-state index in [4.69, 9.17) is 0 Å². The molecule has 0 radical (unpaired) electrons. The third-order valence-electron chi connectivity index (χ3n) is 6.50. The quantitative estimate of drug-likeness (QED) is 0.255. The van der Waals surface area contributed by atoms with Crippen molar-refractivity contribution in [1.29, 1.82) is 0 Å². The minimum atomic E-state index is 0.234. The Morgan fingerprint density at radius 3 is 2.09 bits per heavy atom. The molecule has 0 amide bonds. The molecule has 0 aliphatic heterocycles. The summed E-state index contributed by atoms with van der Waals surface area (Å²) in [7, 11) is 0. The van der Waals surface area contributed by atoms with E-state index in [0.29, 0.717) is 0 Å². The van der Waals surface area contributed by atoms with E-state index in [1.54, 1.807) is 0 Å². The van der Waals surface area contributed by atoms with Crippen LogP contribution in [0.25, 0.3) is 27.6 Å². The van der Waals surface area contributed by atoms with Crippen LogP contribution in [-0.2, 0) is 6.42 Å². The van der Waals surface area contributed by atoms with Crippen LogP contribution < -0.4 is 5.32 Å². The van der Waals surface area contributed by atoms with Gasteiger partial charge in [-0.3, -0.25) is 0 Å². The molecule has 0 saturated heterocycles. The van der Waals surface area contributed by atoms with Crippen molar-refractivity contribution in [3.05, 3.63) is 114 Å². The third kappa shape index (κ3) is 5.59. The predicted octanol–water partition coefficient (Wildman–Crippen LogP) is 9.34. The Hall–Kier alpha value is -3.32. The van der Waals surface area contributed by atoms with Gasteiger partial charge in [-0.1, -0.05) is 119 Å². The first-order valence-corrected chi connectivity index (χ1v) is 12.9. The van der Waals surface area contributed by atoms with Gasteiger partial charge in [0.15, 0.2) is 0 Å². The number of allylic oxidation sites excluding steroid dienone is 1. The summed E-state index contributed by atoms with van der Waals surface area (Å²) in [5, 5.41) is 6.55. The number of hydrogen-bond acceptors (Lipinski definition) is 1. The molecule has 0 fully saturated rings. The molecule has 0 aliphatic rings. The molecule has 34 heavy (non-hydrogen) atoms. The molecular weight excluding hydrogens is 410 g/mol. The van der Waals surface area contributed by atoms with E-state index in [-0.39, 0.29) is 6.04 Å². The van der Waals surface area contributed by atoms with Gasteiger partial charge in [0.25, 0.3) is 0 Å². The minimum absolute atomic E-state index is 0.234. The van der Waals surface area contributed by atoms with Crippen molar-refractivity contribution in [1.82, 2.24) is 5.32 Å². The van der Waals surface area contributed by atoms with Crippen LogP contribution in [0.5, 0.6) is 0 Å². The number of hydrogen-bond donors (Lipinski definition) is 1. The van der Waals surface area contributed by atoms with Crippen molar-refractivity contribution < 1.29 is 0 Å². The topological polar surface area (TPSA) is 12.0 Å². The summed E-state index contributed by atoms with van der Waals surface area (Å²) in [4.78, 5) is 0. The fraction of sp³-hybridized carbons (Fsp3) is 0.273. The summed E-state index contributed by atoms with van der Waals surface area (Å²) < 4.78 is 0. The fourth-order valence-corrected chi connectivity index (χ4v) is 4.80. The highest BCUT2D eigenvalue weighted by Gasteiger charge is 2.18. The molecule has 0 aromatic heterocycles. The molecule has 1 unspecified atom stereocenters. The van der Waals surface area contributed by atoms with Crippen molar-refractivity contribution in [3.8, 4) is 11.1 Å². The van der Waals surface area contributed by atoms with Crippen LogP contribution in [-0.4, -0.2) is 0 Å². The number of aryl methyl sites for hydroxylation is 1. The van der Waals surface area contributed by atoms with Crippen LogP contribution >= 0.6 is 0 Å². The Bertz CT molecular complexity index is 1220. The SMILES string of the molecule is CC/C=C(\NC(CCC)c1cc2ccccc2cc1-c1ccc(CCC)cc1)c1ccccc1. The highest BCUT2D eigenvalue weighted by molar-refractivity contribution is 5.89. The zero-order valence-corrected chi connectivity index (χ0v) is 20.9. The van der Waals surface area contributed by atoms with Gasteiger partial charge in [0.1, 0.15) is 0 Å². The maximum absolute atomic E-state index is 3.96. The Labute approximate surface area is 205 Å². The predicted molar refractivity (Wildman–Crippen MR) is 149 cm³/mol. The van der Waals surface area contributed by atoms with Crippen molar-refractivity contribution in [3.63, 3.8) is 0 Å². The average Bonchev–Trinajstić information content (AvgIpc) is 2.88. The van der Waals surface area contributed by atoms with E-state index in [2.05, 4.69) is 123 Å². The van der Waals surface area contributed by atoms with E-state index in [1.807, 2.05) is 0 Å². The number of rotatable bonds is 10. The fourth-order valence-electron chi connectivity index (χ4n) is 4.80. The zero-order chi connectivity index (χ0) is 23.8. The van der Waals surface area contributed by atoms with Gasteiger partial charge >= 0.3 is 0 Å². The summed E-state index contributed by atoms with van der Waals surface area (Å²) >= 11 is 0. The maximum atomic E-state index is 3.96. The summed E-state index contributed by atoms with van der Waals surface area (Å²) in [6, 6.07) is 33.7. The molecule has 4 aromatic carbocycles. The van der Waals surface area contributed by atoms with Gasteiger partial charge in [0.2, 0.25) is 0 Å². The van der Waals surface area contributed by atoms with E-state index >= 15 is 0 Å². The number of fused-ring (bicyclic) bond motifs is 1. The van der Waals surface area contributed by atoms with Crippen LogP contribution in [0.3, 0.4) is 0 Å². The first-order chi connectivity index (χ1) is 16.7. The second kappa shape index (κ2) is 11.7. The van der Waals surface area contributed by atoms with Crippen LogP contribution in [0.1, 0.15) is 69.2 Å². The van der Waals surface area contributed by atoms with Gasteiger partial charge in [0.05, 0.1) is 6.04 Å². The first kappa shape index (κ1) is 23.8. The smallest absolute Gasteiger partial charge is 0.0520 e. The van der Waals surface area contributed by atoms with Gasteiger partial charge in [-0.15, -0.1) is 0 Å². The van der Waals surface area contributed by atoms with Gasteiger partial charge in [-0.2, -0.15) is 0 Å². The molecule has 174 valence electrons. The number of benzene rings is 4. The lowest BCUT2D eigenvalue weighted by Crippen LogP contribution is -2.21. The lowest BCUT2D eigenvalue weighted by atomic mass is 9.89. The van der Waals surface area contributed by atoms with Gasteiger partial charge in [0, 0.05) is 5.70 Å². The van der Waals surface area contributed by atoms with E-state index in [9.17, 15) is 0 Å². The zero-order valence-electron chi connectivity index (χ0n) is 20.9. The summed E-state index contributed by atoms with van der Waals surface area (Å²) in [5.41, 5.74) is 7.88. The second-order valence-electron chi connectivity index (χ2n) is 9.11. The molecule has 0 heterocycles. The second-order valence-corrected chi connectivity index (χ2v) is 9.11. The molecule has 1 nitrogen and oxygen atoms in total. The molecule has 4 rings (SSSR count). The van der Waals surface area contributed by atoms with E-state index < -0.39 is 0 Å². The summed E-state index contributed by atoms with van der Waals surface area (Å²) in [5.74, 6) is 0. The first-order valence-electron chi connectivity index (χ1n) is 12.9. The Morgan fingerprint density at radius 1 is 0.765 bits per heavy atom. The lowest BCUT2D eigenvalue weighted by Gasteiger charge is -2.26. The third-order valence-corrected chi connectivity index (χ3v) is 6.50. The Kier molecular flexibility index (Phi) is 8.20. The maximum Gasteiger partial charge on any atom is 0.0520 e. The lowest BCUT2D eigenvalue weighted by molar-refractivity contribution is 0.573. The molecule has 1 N–H and O–H groups in total. The van der Waals surface area contributed by atoms with Crippen molar-refractivity contribution >= 4 is 16.5 Å². The van der Waals surface area contributed by atoms with Gasteiger partial charge < -0.3 is 5.32 Å². The van der Waals surface area contributed by atoms with E-state index in [0.717, 1.165) is 25.7 Å². The van der Waals surface area contributed by atoms with Crippen LogP contribution in [0.15, 0.2) is 97.1 Å². The number of nitrogens with one attached hydrogen (secondary N) is 1. The summed E-state index contributed by atoms with van der Waals surface area (Å²) in [6.45, 7) is 6.73. The standard InChI is InChI=1S/C33H37N/c1-4-12-25-19-21-26(22-20-25)30-23-28-17-10-11-18-29(28)24-31(30)33(14-6-3)34-32(13-5-2)27-15-8-7-9-16-27/h7-11,13,15-24,33-34H,4-6,12,14H2,1-3H3/b32-13-. The molecule has 1 heteroatoms. The Morgan fingerprint density at radius 2 is 1.44 bits per heavy atom. The van der Waals surface area contributed by atoms with Crippen LogP contribution in [0.2, 0.25) is 0 Å². The molecule has 0 bridgehead atoms. The largest absolute Gasteiger partial charge is 0.378 e. The van der Waals surface area contributed by atoms with Gasteiger partial charge in [-0.25, -0.2) is 0 Å². The van der Waals surface area contributed by atoms with E-state index in [1.165, 1.54) is 50.7 Å². The molecular formula is C33H37N. The average molecular weight is 448 g/mol. The molecule has 4 aromatic rings. The normalized spacial score (nSPS) is 12.6. The van der Waals surface area contributed by atoms with Crippen LogP contribution in [0, 0.1) is 0 Å². The highest BCUT2D eigenvalue weighted by atomic mass is 14.9. The molecule has 0 aliphatic carbocycles. The van der Waals surface area contributed by atoms with Gasteiger partial charge in [-0.05, 0) is 70.0 Å². The summed E-state index contributed by atoms with van der Waals surface area (Å²) in [6.07, 6.45) is 7.82. The monoisotopic (exact) mass is 447 g/mol. The van der Waals surface area contributed by atoms with Crippen LogP contribution in [0.4, 0.5) is 0 Å². The Balaban J connectivity index is 1.81. The van der Waals surface area contributed by atoms with Crippen molar-refractivity contribution in [2.24, 2.45) is 0 Å². The van der Waals surface area contributed by atoms with Crippen molar-refractivity contribution in [2.75, 3.05) is 0 Å². The minimum Gasteiger partial charge on any atom is -0.378 e. The van der Waals surface area contributed by atoms with Crippen molar-refractivity contribution in [2.45, 2.75) is 58.9 Å². The molecule has 0 spiro atoms.